The summed E-state index contributed by atoms with van der Waals surface area (Å²) in [6.07, 6.45) is 0. The predicted octanol–water partition coefficient (Wildman–Crippen LogP) is 15.9. The number of hydrogen-bond acceptors (Lipinski definition) is 2. The van der Waals surface area contributed by atoms with Gasteiger partial charge in [-0.25, -0.2) is 0 Å². The topological polar surface area (TPSA) is 16.4 Å². The third-order valence-corrected chi connectivity index (χ3v) is 12.7. The van der Waals surface area contributed by atoms with E-state index >= 15 is 0 Å². The molecule has 0 amide bonds. The maximum atomic E-state index is 6.62. The fourth-order valence-electron chi connectivity index (χ4n) is 10.1. The van der Waals surface area contributed by atoms with Gasteiger partial charge in [0.1, 0.15) is 11.2 Å². The summed E-state index contributed by atoms with van der Waals surface area (Å²) in [5, 5.41) is 4.60. The zero-order valence-corrected chi connectivity index (χ0v) is 33.4. The van der Waals surface area contributed by atoms with Crippen molar-refractivity contribution in [1.29, 1.82) is 0 Å². The van der Waals surface area contributed by atoms with Gasteiger partial charge in [0.05, 0.1) is 11.1 Å². The van der Waals surface area contributed by atoms with Crippen molar-refractivity contribution < 1.29 is 4.42 Å². The number of furan rings is 1. The number of hydrogen-bond donors (Lipinski definition) is 0. The van der Waals surface area contributed by atoms with Gasteiger partial charge in [-0.15, -0.1) is 0 Å². The third-order valence-electron chi connectivity index (χ3n) is 12.7. The molecular formula is C59H39NO. The summed E-state index contributed by atoms with van der Waals surface area (Å²) < 4.78 is 6.62. The molecule has 1 aliphatic carbocycles. The molecule has 0 spiro atoms. The van der Waals surface area contributed by atoms with Crippen molar-refractivity contribution in [1.82, 2.24) is 0 Å². The number of para-hydroxylation sites is 1. The molecule has 2 nitrogen and oxygen atoms in total. The van der Waals surface area contributed by atoms with Gasteiger partial charge in [0.2, 0.25) is 0 Å². The SMILES string of the molecule is c1ccc(-c2ccc(N(c3ccc4c(c3)C(c3ccccc3)(c3ccccc3)c3ccccc3-4)c3ccc4oc5ccccc5c4c3-c3ccc4ccccc4c3)cc2)cc1. The summed E-state index contributed by atoms with van der Waals surface area (Å²) in [5.74, 6) is 0. The molecule has 286 valence electrons. The van der Waals surface area contributed by atoms with Crippen LogP contribution in [0.5, 0.6) is 0 Å². The van der Waals surface area contributed by atoms with Crippen LogP contribution in [0.25, 0.3) is 66.1 Å². The largest absolute Gasteiger partial charge is 0.456 e. The maximum absolute atomic E-state index is 6.62. The van der Waals surface area contributed by atoms with Gasteiger partial charge in [0.25, 0.3) is 0 Å². The Morgan fingerprint density at radius 3 is 1.72 bits per heavy atom. The Kier molecular flexibility index (Phi) is 8.11. The fraction of sp³-hybridized carbons (Fsp3) is 0.0169. The van der Waals surface area contributed by atoms with Crippen LogP contribution < -0.4 is 4.90 Å². The first-order valence-corrected chi connectivity index (χ1v) is 21.0. The van der Waals surface area contributed by atoms with E-state index in [1.54, 1.807) is 0 Å². The van der Waals surface area contributed by atoms with Crippen molar-refractivity contribution in [2.45, 2.75) is 5.41 Å². The highest BCUT2D eigenvalue weighted by molar-refractivity contribution is 6.17. The average Bonchev–Trinajstić information content (AvgIpc) is 3.86. The van der Waals surface area contributed by atoms with Gasteiger partial charge < -0.3 is 9.32 Å². The first kappa shape index (κ1) is 35.0. The molecule has 11 aromatic rings. The highest BCUT2D eigenvalue weighted by Gasteiger charge is 2.46. The molecule has 0 saturated heterocycles. The first-order valence-electron chi connectivity index (χ1n) is 21.0. The van der Waals surface area contributed by atoms with Crippen LogP contribution in [0.15, 0.2) is 241 Å². The van der Waals surface area contributed by atoms with E-state index in [1.807, 2.05) is 0 Å². The standard InChI is InChI=1S/C59H39NO/c1-4-16-40(17-5-1)42-30-32-47(33-31-42)60(54-36-37-56-58(51-25-13-15-27-55(51)61-56)57(54)44-29-28-41-18-10-11-19-43(41)38-44)48-34-35-50-49-24-12-14-26-52(49)59(53(50)39-48,45-20-6-2-7-21-45)46-22-8-3-9-23-46/h1-39H. The van der Waals surface area contributed by atoms with Crippen LogP contribution in [0.2, 0.25) is 0 Å². The molecule has 0 radical (unpaired) electrons. The van der Waals surface area contributed by atoms with Crippen LogP contribution in [0.1, 0.15) is 22.3 Å². The second-order valence-electron chi connectivity index (χ2n) is 16.0. The Balaban J connectivity index is 1.17. The zero-order valence-electron chi connectivity index (χ0n) is 33.4. The van der Waals surface area contributed by atoms with E-state index in [9.17, 15) is 0 Å². The number of fused-ring (bicyclic) bond motifs is 7. The first-order chi connectivity index (χ1) is 30.3. The van der Waals surface area contributed by atoms with Crippen molar-refractivity contribution in [2.75, 3.05) is 4.90 Å². The van der Waals surface area contributed by atoms with Gasteiger partial charge in [0, 0.05) is 27.7 Å². The van der Waals surface area contributed by atoms with Gasteiger partial charge >= 0.3 is 0 Å². The number of rotatable bonds is 7. The lowest BCUT2D eigenvalue weighted by Crippen LogP contribution is -2.28. The lowest BCUT2D eigenvalue weighted by atomic mass is 9.67. The molecule has 1 heterocycles. The molecule has 1 aromatic heterocycles. The van der Waals surface area contributed by atoms with Crippen LogP contribution in [-0.4, -0.2) is 0 Å². The molecular weight excluding hydrogens is 739 g/mol. The van der Waals surface area contributed by atoms with Crippen LogP contribution in [0.3, 0.4) is 0 Å². The van der Waals surface area contributed by atoms with Crippen molar-refractivity contribution in [3.05, 3.63) is 259 Å². The van der Waals surface area contributed by atoms with Crippen LogP contribution >= 0.6 is 0 Å². The summed E-state index contributed by atoms with van der Waals surface area (Å²) in [6.45, 7) is 0. The Hall–Kier alpha value is -7.94. The van der Waals surface area contributed by atoms with Crippen molar-refractivity contribution in [3.8, 4) is 33.4 Å². The van der Waals surface area contributed by atoms with E-state index in [1.165, 1.54) is 55.3 Å². The summed E-state index contributed by atoms with van der Waals surface area (Å²) in [7, 11) is 0. The van der Waals surface area contributed by atoms with Crippen LogP contribution in [-0.2, 0) is 5.41 Å². The van der Waals surface area contributed by atoms with Gasteiger partial charge in [-0.3, -0.25) is 0 Å². The molecule has 0 bridgehead atoms. The van der Waals surface area contributed by atoms with Crippen molar-refractivity contribution >= 4 is 49.8 Å². The third kappa shape index (κ3) is 5.50. The van der Waals surface area contributed by atoms with E-state index in [0.29, 0.717) is 0 Å². The number of anilines is 3. The molecule has 0 saturated carbocycles. The Morgan fingerprint density at radius 1 is 0.361 bits per heavy atom. The van der Waals surface area contributed by atoms with E-state index in [0.717, 1.165) is 50.1 Å². The summed E-state index contributed by atoms with van der Waals surface area (Å²) in [6, 6.07) is 86.2. The minimum Gasteiger partial charge on any atom is -0.456 e. The van der Waals surface area contributed by atoms with Gasteiger partial charge in [0.15, 0.2) is 0 Å². The summed E-state index contributed by atoms with van der Waals surface area (Å²) in [4.78, 5) is 2.46. The van der Waals surface area contributed by atoms with E-state index in [-0.39, 0.29) is 0 Å². The van der Waals surface area contributed by atoms with Crippen LogP contribution in [0, 0.1) is 0 Å². The quantitative estimate of drug-likeness (QED) is 0.160. The molecule has 1 aliphatic rings. The highest BCUT2D eigenvalue weighted by Crippen LogP contribution is 2.58. The van der Waals surface area contributed by atoms with Crippen molar-refractivity contribution in [2.24, 2.45) is 0 Å². The Labute approximate surface area is 355 Å². The second kappa shape index (κ2) is 14.1. The van der Waals surface area contributed by atoms with E-state index in [4.69, 9.17) is 4.42 Å². The molecule has 10 aromatic carbocycles. The fourth-order valence-corrected chi connectivity index (χ4v) is 10.1. The molecule has 12 rings (SSSR count). The molecule has 0 N–H and O–H groups in total. The van der Waals surface area contributed by atoms with Crippen molar-refractivity contribution in [3.63, 3.8) is 0 Å². The number of benzene rings is 10. The predicted molar refractivity (Wildman–Crippen MR) is 254 cm³/mol. The van der Waals surface area contributed by atoms with E-state index in [2.05, 4.69) is 241 Å². The Bertz CT molecular complexity index is 3360. The normalized spacial score (nSPS) is 12.7. The molecule has 0 fully saturated rings. The van der Waals surface area contributed by atoms with Gasteiger partial charge in [-0.05, 0) is 109 Å². The zero-order chi connectivity index (χ0) is 40.3. The minimum atomic E-state index is -0.542. The lowest BCUT2D eigenvalue weighted by Gasteiger charge is -2.35. The Morgan fingerprint density at radius 2 is 0.951 bits per heavy atom. The summed E-state index contributed by atoms with van der Waals surface area (Å²) >= 11 is 0. The molecule has 2 heteroatoms. The maximum Gasteiger partial charge on any atom is 0.136 e. The minimum absolute atomic E-state index is 0.542. The lowest BCUT2D eigenvalue weighted by molar-refractivity contribution is 0.669. The average molecular weight is 778 g/mol. The molecule has 61 heavy (non-hydrogen) atoms. The highest BCUT2D eigenvalue weighted by atomic mass is 16.3. The van der Waals surface area contributed by atoms with Gasteiger partial charge in [-0.1, -0.05) is 188 Å². The van der Waals surface area contributed by atoms with E-state index < -0.39 is 5.41 Å². The molecule has 0 atom stereocenters. The monoisotopic (exact) mass is 777 g/mol. The van der Waals surface area contributed by atoms with Gasteiger partial charge in [-0.2, -0.15) is 0 Å². The second-order valence-corrected chi connectivity index (χ2v) is 16.0. The smallest absolute Gasteiger partial charge is 0.136 e. The molecule has 0 aliphatic heterocycles. The summed E-state index contributed by atoms with van der Waals surface area (Å²) in [5.41, 5.74) is 16.6. The molecule has 0 unspecified atom stereocenters. The van der Waals surface area contributed by atoms with Crippen LogP contribution in [0.4, 0.5) is 17.1 Å². The number of nitrogens with zero attached hydrogens (tertiary/aromatic N) is 1.